The molecule has 0 amide bonds. The third kappa shape index (κ3) is 6.18. The van der Waals surface area contributed by atoms with Crippen molar-refractivity contribution in [2.24, 2.45) is 7.05 Å². The molecule has 29 heavy (non-hydrogen) atoms. The molecule has 0 aromatic carbocycles. The van der Waals surface area contributed by atoms with Crippen molar-refractivity contribution in [2.75, 3.05) is 29.9 Å². The summed E-state index contributed by atoms with van der Waals surface area (Å²) in [5.74, 6) is -1.58. The van der Waals surface area contributed by atoms with E-state index in [1.54, 1.807) is 29.6 Å². The number of thioether (sulfide) groups is 1. The molecule has 1 aliphatic rings. The predicted octanol–water partition coefficient (Wildman–Crippen LogP) is 4.02. The van der Waals surface area contributed by atoms with Crippen LogP contribution in [0.25, 0.3) is 0 Å². The van der Waals surface area contributed by atoms with Crippen LogP contribution < -0.4 is 10.2 Å². The summed E-state index contributed by atoms with van der Waals surface area (Å²) in [4.78, 5) is 10.3. The number of nitrogens with zero attached hydrogens (tertiary/aromatic N) is 5. The van der Waals surface area contributed by atoms with Gasteiger partial charge in [-0.1, -0.05) is 11.8 Å². The van der Waals surface area contributed by atoms with Gasteiger partial charge in [0, 0.05) is 50.5 Å². The zero-order valence-electron chi connectivity index (χ0n) is 15.9. The van der Waals surface area contributed by atoms with Crippen LogP contribution in [0.4, 0.5) is 33.5 Å². The highest BCUT2D eigenvalue weighted by atomic mass is 32.2. The summed E-state index contributed by atoms with van der Waals surface area (Å²) in [7, 11) is 1.76. The third-order valence-corrected chi connectivity index (χ3v) is 5.37. The summed E-state index contributed by atoms with van der Waals surface area (Å²) in [6.45, 7) is 0.836. The van der Waals surface area contributed by atoms with Crippen molar-refractivity contribution in [3.63, 3.8) is 0 Å². The van der Waals surface area contributed by atoms with E-state index in [0.29, 0.717) is 22.3 Å². The molecule has 12 heteroatoms. The Balaban J connectivity index is 1.78. The number of nitrogens with one attached hydrogen (secondary N) is 1. The SMILES string of the molecule is Cc1nc(SCc2cc(N3CCC(F)(F)CC3)cc(NCC(F)(F)F)n2)nn1C. The van der Waals surface area contributed by atoms with Gasteiger partial charge in [-0.05, 0) is 13.0 Å². The third-order valence-electron chi connectivity index (χ3n) is 4.50. The van der Waals surface area contributed by atoms with Crippen molar-refractivity contribution in [1.82, 2.24) is 19.7 Å². The van der Waals surface area contributed by atoms with Gasteiger partial charge in [-0.2, -0.15) is 13.2 Å². The molecule has 1 saturated heterocycles. The van der Waals surface area contributed by atoms with Crippen LogP contribution in [-0.2, 0) is 12.8 Å². The summed E-state index contributed by atoms with van der Waals surface area (Å²) in [6.07, 6.45) is -4.97. The van der Waals surface area contributed by atoms with Gasteiger partial charge in [0.05, 0.1) is 5.69 Å². The lowest BCUT2D eigenvalue weighted by atomic mass is 10.1. The van der Waals surface area contributed by atoms with Crippen LogP contribution in [0.2, 0.25) is 0 Å². The fraction of sp³-hybridized carbons (Fsp3) is 0.588. The van der Waals surface area contributed by atoms with Crippen LogP contribution >= 0.6 is 11.8 Å². The number of pyridine rings is 1. The first-order chi connectivity index (χ1) is 13.5. The smallest absolute Gasteiger partial charge is 0.371 e. The Morgan fingerprint density at radius 2 is 1.86 bits per heavy atom. The number of hydrogen-bond donors (Lipinski definition) is 1. The average molecular weight is 436 g/mol. The fourth-order valence-electron chi connectivity index (χ4n) is 2.84. The Kier molecular flexibility index (Phi) is 6.20. The zero-order chi connectivity index (χ0) is 21.2. The van der Waals surface area contributed by atoms with E-state index >= 15 is 0 Å². The van der Waals surface area contributed by atoms with E-state index in [-0.39, 0.29) is 31.7 Å². The van der Waals surface area contributed by atoms with E-state index in [1.165, 1.54) is 17.8 Å². The van der Waals surface area contributed by atoms with Crippen molar-refractivity contribution in [1.29, 1.82) is 0 Å². The number of halogens is 5. The molecule has 0 radical (unpaired) electrons. The topological polar surface area (TPSA) is 58.9 Å². The standard InChI is InChI=1S/C17H21F5N6S/c1-11-24-15(26-27(11)2)29-9-12-7-13(28-5-3-16(18,19)4-6-28)8-14(25-12)23-10-17(20,21)22/h7-8H,3-6,9-10H2,1-2H3,(H,23,25). The Labute approximate surface area is 168 Å². The van der Waals surface area contributed by atoms with Crippen molar-refractivity contribution >= 4 is 23.3 Å². The Morgan fingerprint density at radius 1 is 1.17 bits per heavy atom. The van der Waals surface area contributed by atoms with Gasteiger partial charge in [-0.15, -0.1) is 5.10 Å². The molecule has 3 rings (SSSR count). The van der Waals surface area contributed by atoms with Gasteiger partial charge < -0.3 is 10.2 Å². The molecule has 1 N–H and O–H groups in total. The van der Waals surface area contributed by atoms with Gasteiger partial charge in [0.15, 0.2) is 0 Å². The molecule has 0 atom stereocenters. The monoisotopic (exact) mass is 436 g/mol. The number of hydrogen-bond acceptors (Lipinski definition) is 6. The molecular formula is C17H21F5N6S. The van der Waals surface area contributed by atoms with Crippen molar-refractivity contribution in [3.05, 3.63) is 23.7 Å². The largest absolute Gasteiger partial charge is 0.405 e. The number of rotatable bonds is 6. The highest BCUT2D eigenvalue weighted by Gasteiger charge is 2.34. The minimum atomic E-state index is -4.39. The highest BCUT2D eigenvalue weighted by Crippen LogP contribution is 2.32. The van der Waals surface area contributed by atoms with E-state index in [0.717, 1.165) is 5.82 Å². The molecule has 3 heterocycles. The van der Waals surface area contributed by atoms with E-state index in [4.69, 9.17) is 0 Å². The van der Waals surface area contributed by atoms with E-state index in [9.17, 15) is 22.0 Å². The van der Waals surface area contributed by atoms with E-state index in [2.05, 4.69) is 20.4 Å². The second kappa shape index (κ2) is 8.33. The average Bonchev–Trinajstić information content (AvgIpc) is 2.95. The lowest BCUT2D eigenvalue weighted by Gasteiger charge is -2.33. The lowest BCUT2D eigenvalue weighted by molar-refractivity contribution is -0.115. The Hall–Kier alpha value is -2.11. The van der Waals surface area contributed by atoms with Crippen LogP contribution in [0.15, 0.2) is 17.3 Å². The summed E-state index contributed by atoms with van der Waals surface area (Å²) < 4.78 is 66.3. The summed E-state index contributed by atoms with van der Waals surface area (Å²) in [6, 6.07) is 3.18. The van der Waals surface area contributed by atoms with Gasteiger partial charge in [0.25, 0.3) is 5.92 Å². The zero-order valence-corrected chi connectivity index (χ0v) is 16.7. The summed E-state index contributed by atoms with van der Waals surface area (Å²) in [5, 5.41) is 7.03. The molecule has 0 unspecified atom stereocenters. The Bertz CT molecular complexity index is 824. The number of aromatic nitrogens is 4. The molecule has 0 saturated carbocycles. The lowest BCUT2D eigenvalue weighted by Crippen LogP contribution is -2.39. The maximum absolute atomic E-state index is 13.5. The molecule has 1 fully saturated rings. The Morgan fingerprint density at radius 3 is 2.45 bits per heavy atom. The molecule has 2 aromatic heterocycles. The van der Waals surface area contributed by atoms with Crippen molar-refractivity contribution in [3.8, 4) is 0 Å². The minimum Gasteiger partial charge on any atom is -0.371 e. The van der Waals surface area contributed by atoms with Crippen LogP contribution in [0, 0.1) is 6.92 Å². The van der Waals surface area contributed by atoms with Gasteiger partial charge in [-0.3, -0.25) is 4.68 Å². The van der Waals surface area contributed by atoms with Crippen molar-refractivity contribution in [2.45, 2.75) is 42.8 Å². The second-order valence-electron chi connectivity index (χ2n) is 6.87. The fourth-order valence-corrected chi connectivity index (χ4v) is 3.64. The molecule has 0 aliphatic carbocycles. The maximum atomic E-state index is 13.5. The number of anilines is 2. The minimum absolute atomic E-state index is 0.0536. The predicted molar refractivity (Wildman–Crippen MR) is 100 cm³/mol. The van der Waals surface area contributed by atoms with Gasteiger partial charge in [0.1, 0.15) is 18.2 Å². The van der Waals surface area contributed by atoms with Crippen LogP contribution in [0.5, 0.6) is 0 Å². The summed E-state index contributed by atoms with van der Waals surface area (Å²) in [5.41, 5.74) is 1.08. The molecule has 0 spiro atoms. The first-order valence-electron chi connectivity index (χ1n) is 8.96. The number of aryl methyl sites for hydroxylation is 2. The molecule has 6 nitrogen and oxygen atoms in total. The van der Waals surface area contributed by atoms with Crippen molar-refractivity contribution < 1.29 is 22.0 Å². The normalized spacial score (nSPS) is 16.9. The van der Waals surface area contributed by atoms with Gasteiger partial charge >= 0.3 is 6.18 Å². The summed E-state index contributed by atoms with van der Waals surface area (Å²) >= 11 is 1.30. The van der Waals surface area contributed by atoms with Crippen LogP contribution in [0.1, 0.15) is 24.4 Å². The van der Waals surface area contributed by atoms with Gasteiger partial charge in [0.2, 0.25) is 5.16 Å². The quantitative estimate of drug-likeness (QED) is 0.545. The highest BCUT2D eigenvalue weighted by molar-refractivity contribution is 7.98. The van der Waals surface area contributed by atoms with E-state index < -0.39 is 18.6 Å². The molecule has 0 bridgehead atoms. The first kappa shape index (κ1) is 21.6. The molecular weight excluding hydrogens is 415 g/mol. The van der Waals surface area contributed by atoms with Crippen LogP contribution in [-0.4, -0.2) is 51.5 Å². The molecule has 160 valence electrons. The molecule has 2 aromatic rings. The van der Waals surface area contributed by atoms with Crippen LogP contribution in [0.3, 0.4) is 0 Å². The first-order valence-corrected chi connectivity index (χ1v) is 9.94. The number of alkyl halides is 5. The maximum Gasteiger partial charge on any atom is 0.405 e. The second-order valence-corrected chi connectivity index (χ2v) is 7.81. The van der Waals surface area contributed by atoms with E-state index in [1.807, 2.05) is 0 Å². The molecule has 1 aliphatic heterocycles. The number of piperidine rings is 1. The van der Waals surface area contributed by atoms with Gasteiger partial charge in [-0.25, -0.2) is 18.7 Å².